The lowest BCUT2D eigenvalue weighted by Gasteiger charge is -2.33. The number of nitrogens with zero attached hydrogens (tertiary/aromatic N) is 2. The molecule has 2 aliphatic rings. The second kappa shape index (κ2) is 13.2. The largest absolute Gasteiger partial charge is 0.465 e. The maximum atomic E-state index is 14.3. The molecule has 198 valence electrons. The maximum absolute atomic E-state index is 14.3. The molecule has 2 heterocycles. The van der Waals surface area contributed by atoms with Crippen LogP contribution in [-0.4, -0.2) is 56.9 Å². The number of benzene rings is 2. The molecule has 0 amide bonds. The zero-order valence-electron chi connectivity index (χ0n) is 21.5. The van der Waals surface area contributed by atoms with Crippen LogP contribution in [0.3, 0.4) is 0 Å². The minimum atomic E-state index is -0.861. The highest BCUT2D eigenvalue weighted by atomic mass is 32.2. The predicted molar refractivity (Wildman–Crippen MR) is 145 cm³/mol. The molecule has 0 atom stereocenters. The van der Waals surface area contributed by atoms with Gasteiger partial charge in [-0.1, -0.05) is 30.3 Å². The number of esters is 1. The van der Waals surface area contributed by atoms with Gasteiger partial charge in [-0.15, -0.1) is 11.8 Å². The van der Waals surface area contributed by atoms with E-state index < -0.39 is 11.6 Å². The van der Waals surface area contributed by atoms with Crippen molar-refractivity contribution >= 4 is 29.0 Å². The zero-order chi connectivity index (χ0) is 26.2. The smallest absolute Gasteiger partial charge is 0.325 e. The summed E-state index contributed by atoms with van der Waals surface area (Å²) in [4.78, 5) is 16.9. The highest BCUT2D eigenvalue weighted by molar-refractivity contribution is 8.02. The minimum absolute atomic E-state index is 0.0412. The first-order chi connectivity index (χ1) is 18.0. The fourth-order valence-electron chi connectivity index (χ4n) is 4.61. The van der Waals surface area contributed by atoms with E-state index in [4.69, 9.17) is 9.47 Å². The van der Waals surface area contributed by atoms with Crippen molar-refractivity contribution in [3.63, 3.8) is 0 Å². The van der Waals surface area contributed by atoms with Gasteiger partial charge in [0.05, 0.1) is 30.5 Å². The first-order valence-electron chi connectivity index (χ1n) is 12.8. The van der Waals surface area contributed by atoms with Gasteiger partial charge in [0.15, 0.2) is 11.6 Å². The van der Waals surface area contributed by atoms with Gasteiger partial charge in [0.2, 0.25) is 0 Å². The van der Waals surface area contributed by atoms with E-state index in [1.807, 2.05) is 24.0 Å². The Bertz CT molecular complexity index is 1160. The molecule has 0 radical (unpaired) electrons. The van der Waals surface area contributed by atoms with E-state index in [2.05, 4.69) is 23.1 Å². The fraction of sp³-hybridized carbons (Fsp3) is 0.414. The number of aryl methyl sites for hydroxylation is 1. The molecule has 1 saturated heterocycles. The first kappa shape index (κ1) is 27.4. The van der Waals surface area contributed by atoms with E-state index in [1.165, 1.54) is 23.4 Å². The molecule has 37 heavy (non-hydrogen) atoms. The Morgan fingerprint density at radius 3 is 2.76 bits per heavy atom. The van der Waals surface area contributed by atoms with Crippen LogP contribution in [0.25, 0.3) is 5.57 Å². The van der Waals surface area contributed by atoms with Crippen LogP contribution in [0, 0.1) is 11.6 Å². The number of carbonyl (C=O) groups excluding carboxylic acids is 1. The minimum Gasteiger partial charge on any atom is -0.465 e. The average molecular weight is 529 g/mol. The molecule has 0 bridgehead atoms. The third-order valence-corrected chi connectivity index (χ3v) is 7.65. The molecule has 0 spiro atoms. The highest BCUT2D eigenvalue weighted by Gasteiger charge is 2.26. The van der Waals surface area contributed by atoms with E-state index in [-0.39, 0.29) is 23.8 Å². The Morgan fingerprint density at radius 1 is 1.19 bits per heavy atom. The van der Waals surface area contributed by atoms with Crippen LogP contribution in [-0.2, 0) is 26.4 Å². The second-order valence-electron chi connectivity index (χ2n) is 9.03. The number of hydrogen-bond donors (Lipinski definition) is 0. The molecule has 0 aliphatic carbocycles. The lowest BCUT2D eigenvalue weighted by molar-refractivity contribution is -0.141. The average Bonchev–Trinajstić information content (AvgIpc) is 2.91. The van der Waals surface area contributed by atoms with Gasteiger partial charge in [-0.25, -0.2) is 8.78 Å². The summed E-state index contributed by atoms with van der Waals surface area (Å²) in [5, 5.41) is 0.794. The normalized spacial score (nSPS) is 17.0. The number of allylic oxidation sites excluding steroid dienone is 3. The molecule has 0 aromatic heterocycles. The van der Waals surface area contributed by atoms with Crippen LogP contribution in [0.2, 0.25) is 0 Å². The van der Waals surface area contributed by atoms with Crippen LogP contribution in [0.1, 0.15) is 37.0 Å². The summed E-state index contributed by atoms with van der Waals surface area (Å²) >= 11 is 1.38. The Hall–Kier alpha value is -2.68. The van der Waals surface area contributed by atoms with Gasteiger partial charge in [-0.3, -0.25) is 9.69 Å². The quantitative estimate of drug-likeness (QED) is 0.364. The molecule has 4 rings (SSSR count). The van der Waals surface area contributed by atoms with E-state index in [1.54, 1.807) is 13.0 Å². The van der Waals surface area contributed by atoms with Crippen LogP contribution < -0.4 is 4.90 Å². The molecule has 2 aromatic rings. The first-order valence-corrected chi connectivity index (χ1v) is 13.8. The number of hydrogen-bond acceptors (Lipinski definition) is 6. The second-order valence-corrected chi connectivity index (χ2v) is 10.0. The monoisotopic (exact) mass is 528 g/mol. The molecule has 2 aromatic carbocycles. The number of halogens is 2. The zero-order valence-corrected chi connectivity index (χ0v) is 22.3. The summed E-state index contributed by atoms with van der Waals surface area (Å²) in [5.41, 5.74) is 4.46. The summed E-state index contributed by atoms with van der Waals surface area (Å²) in [7, 11) is 0. The van der Waals surface area contributed by atoms with Crippen molar-refractivity contribution < 1.29 is 23.0 Å². The number of thioether (sulfide) groups is 1. The Labute approximate surface area is 222 Å². The molecule has 2 aliphatic heterocycles. The SMILES string of the molecule is C/C=C1\C=C(SCc2cccc(F)c2F)N(CC(=O)OCC)c2cc(CCCN3CCOCC3)ccc21. The van der Waals surface area contributed by atoms with Crippen LogP contribution in [0.15, 0.2) is 53.6 Å². The topological polar surface area (TPSA) is 42.0 Å². The van der Waals surface area contributed by atoms with E-state index in [0.29, 0.717) is 6.61 Å². The van der Waals surface area contributed by atoms with Crippen molar-refractivity contribution in [3.05, 3.63) is 81.9 Å². The molecule has 0 unspecified atom stereocenters. The van der Waals surface area contributed by atoms with Crippen molar-refractivity contribution in [2.45, 2.75) is 32.4 Å². The van der Waals surface area contributed by atoms with E-state index in [9.17, 15) is 13.6 Å². The summed E-state index contributed by atoms with van der Waals surface area (Å²) in [5.74, 6) is -1.79. The van der Waals surface area contributed by atoms with Crippen LogP contribution >= 0.6 is 11.8 Å². The number of morpholine rings is 1. The summed E-state index contributed by atoms with van der Waals surface area (Å²) in [6.07, 6.45) is 5.98. The number of rotatable bonds is 10. The van der Waals surface area contributed by atoms with Gasteiger partial charge in [0.25, 0.3) is 0 Å². The summed E-state index contributed by atoms with van der Waals surface area (Å²) in [6.45, 7) is 8.64. The van der Waals surface area contributed by atoms with Gasteiger partial charge in [-0.2, -0.15) is 0 Å². The number of fused-ring (bicyclic) bond motifs is 1. The Balaban J connectivity index is 1.57. The molecule has 8 heteroatoms. The van der Waals surface area contributed by atoms with Crippen molar-refractivity contribution in [1.82, 2.24) is 4.90 Å². The third kappa shape index (κ3) is 7.00. The third-order valence-electron chi connectivity index (χ3n) is 6.56. The molecule has 5 nitrogen and oxygen atoms in total. The van der Waals surface area contributed by atoms with Crippen LogP contribution in [0.5, 0.6) is 0 Å². The van der Waals surface area contributed by atoms with Crippen molar-refractivity contribution in [2.24, 2.45) is 0 Å². The van der Waals surface area contributed by atoms with Gasteiger partial charge < -0.3 is 14.4 Å². The molecular weight excluding hydrogens is 494 g/mol. The van der Waals surface area contributed by atoms with Crippen molar-refractivity contribution in [2.75, 3.05) is 50.9 Å². The Morgan fingerprint density at radius 2 is 2.00 bits per heavy atom. The van der Waals surface area contributed by atoms with Gasteiger partial charge >= 0.3 is 5.97 Å². The van der Waals surface area contributed by atoms with E-state index in [0.717, 1.165) is 73.6 Å². The van der Waals surface area contributed by atoms with Crippen molar-refractivity contribution in [3.8, 4) is 0 Å². The molecule has 0 saturated carbocycles. The number of ether oxygens (including phenoxy) is 2. The Kier molecular flexibility index (Phi) is 9.77. The summed E-state index contributed by atoms with van der Waals surface area (Å²) < 4.78 is 38.8. The van der Waals surface area contributed by atoms with Gasteiger partial charge in [0.1, 0.15) is 6.54 Å². The predicted octanol–water partition coefficient (Wildman–Crippen LogP) is 5.79. The maximum Gasteiger partial charge on any atom is 0.325 e. The molecule has 0 N–H and O–H groups in total. The lowest BCUT2D eigenvalue weighted by Crippen LogP contribution is -2.36. The molecular formula is C29H34F2N2O3S. The molecule has 1 fully saturated rings. The van der Waals surface area contributed by atoms with Crippen LogP contribution in [0.4, 0.5) is 14.5 Å². The highest BCUT2D eigenvalue weighted by Crippen LogP contribution is 2.41. The lowest BCUT2D eigenvalue weighted by atomic mass is 9.96. The van der Waals surface area contributed by atoms with Gasteiger partial charge in [0, 0.05) is 30.0 Å². The standard InChI is InChI=1S/C29H34F2N2O3S/c1-3-22-18-27(37-20-23-8-5-9-25(30)29(23)31)33(19-28(34)36-4-2)26-17-21(10-11-24(22)26)7-6-12-32-13-15-35-16-14-32/h3,5,8-11,17-18H,4,6-7,12-16,19-20H2,1-2H3/b22-3+. The van der Waals surface area contributed by atoms with E-state index >= 15 is 0 Å². The number of carbonyl (C=O) groups is 1. The fourth-order valence-corrected chi connectivity index (χ4v) is 5.66. The van der Waals surface area contributed by atoms with Crippen molar-refractivity contribution in [1.29, 1.82) is 0 Å². The number of anilines is 1. The van der Waals surface area contributed by atoms with Gasteiger partial charge in [-0.05, 0) is 62.6 Å². The summed E-state index contributed by atoms with van der Waals surface area (Å²) in [6, 6.07) is 10.6.